The fraction of sp³-hybridized carbons (Fsp3) is 0.200. The number of halogens is 1. The maximum atomic E-state index is 13.7. The van der Waals surface area contributed by atoms with Gasteiger partial charge in [0.25, 0.3) is 11.1 Å². The van der Waals surface area contributed by atoms with Crippen LogP contribution in [0.2, 0.25) is 0 Å². The minimum absolute atomic E-state index is 0.0799. The van der Waals surface area contributed by atoms with Crippen LogP contribution in [-0.2, 0) is 4.79 Å². The predicted octanol–water partition coefficient (Wildman–Crippen LogP) is 4.34. The zero-order valence-electron chi connectivity index (χ0n) is 15.6. The molecule has 0 unspecified atom stereocenters. The first-order valence-corrected chi connectivity index (χ1v) is 9.57. The van der Waals surface area contributed by atoms with E-state index in [0.717, 1.165) is 11.8 Å². The van der Waals surface area contributed by atoms with Crippen LogP contribution in [0.4, 0.5) is 10.1 Å². The average Bonchev–Trinajstić information content (AvgIpc) is 3.18. The molecule has 0 radical (unpaired) electrons. The van der Waals surface area contributed by atoms with Crippen molar-refractivity contribution in [3.63, 3.8) is 0 Å². The number of amides is 1. The molecule has 0 aliphatic heterocycles. The van der Waals surface area contributed by atoms with Crippen LogP contribution in [-0.4, -0.2) is 21.4 Å². The lowest BCUT2D eigenvalue weighted by Gasteiger charge is -2.12. The third kappa shape index (κ3) is 5.12. The molecule has 1 amide bonds. The van der Waals surface area contributed by atoms with Gasteiger partial charge >= 0.3 is 0 Å². The highest BCUT2D eigenvalue weighted by molar-refractivity contribution is 8.00. The molecule has 0 aliphatic carbocycles. The highest BCUT2D eigenvalue weighted by Crippen LogP contribution is 2.28. The fourth-order valence-electron chi connectivity index (χ4n) is 2.34. The maximum Gasteiger partial charge on any atom is 0.277 e. The Morgan fingerprint density at radius 2 is 1.93 bits per heavy atom. The Morgan fingerprint density at radius 3 is 2.69 bits per heavy atom. The zero-order chi connectivity index (χ0) is 20.8. The van der Waals surface area contributed by atoms with Crippen molar-refractivity contribution in [2.45, 2.75) is 30.4 Å². The molecule has 29 heavy (non-hydrogen) atoms. The summed E-state index contributed by atoms with van der Waals surface area (Å²) in [7, 11) is 0. The molecule has 0 saturated carbocycles. The molecule has 2 aromatic carbocycles. The molecule has 9 heteroatoms. The summed E-state index contributed by atoms with van der Waals surface area (Å²) in [6.07, 6.45) is -0.666. The predicted molar refractivity (Wildman–Crippen MR) is 105 cm³/mol. The van der Waals surface area contributed by atoms with E-state index in [0.29, 0.717) is 11.3 Å². The van der Waals surface area contributed by atoms with Crippen molar-refractivity contribution in [1.29, 1.82) is 5.26 Å². The van der Waals surface area contributed by atoms with Gasteiger partial charge in [-0.1, -0.05) is 36.0 Å². The molecule has 1 aromatic heterocycles. The summed E-state index contributed by atoms with van der Waals surface area (Å²) in [6, 6.07) is 14.8. The number of rotatable bonds is 7. The van der Waals surface area contributed by atoms with E-state index in [1.165, 1.54) is 12.1 Å². The van der Waals surface area contributed by atoms with Crippen LogP contribution in [0, 0.1) is 17.1 Å². The Kier molecular flexibility index (Phi) is 6.46. The molecule has 0 aliphatic rings. The van der Waals surface area contributed by atoms with E-state index < -0.39 is 17.2 Å². The highest BCUT2D eigenvalue weighted by Gasteiger charge is 2.22. The molecular weight excluding hydrogens is 395 g/mol. The van der Waals surface area contributed by atoms with Gasteiger partial charge in [0, 0.05) is 0 Å². The van der Waals surface area contributed by atoms with Crippen LogP contribution < -0.4 is 10.1 Å². The maximum absolute atomic E-state index is 13.7. The lowest BCUT2D eigenvalue weighted by atomic mass is 10.2. The minimum Gasteiger partial charge on any atom is -0.478 e. The number of anilines is 1. The molecule has 7 nitrogen and oxygen atoms in total. The number of ether oxygens (including phenoxy) is 1. The van der Waals surface area contributed by atoms with E-state index in [1.807, 2.05) is 6.07 Å². The van der Waals surface area contributed by atoms with E-state index in [2.05, 4.69) is 15.5 Å². The van der Waals surface area contributed by atoms with Gasteiger partial charge in [-0.3, -0.25) is 4.79 Å². The van der Waals surface area contributed by atoms with E-state index in [1.54, 1.807) is 50.2 Å². The third-order valence-electron chi connectivity index (χ3n) is 3.86. The van der Waals surface area contributed by atoms with Gasteiger partial charge in [0.15, 0.2) is 17.7 Å². The van der Waals surface area contributed by atoms with Gasteiger partial charge in [0.2, 0.25) is 5.91 Å². The van der Waals surface area contributed by atoms with Crippen molar-refractivity contribution in [3.8, 4) is 11.8 Å². The fourth-order valence-corrected chi connectivity index (χ4v) is 3.03. The summed E-state index contributed by atoms with van der Waals surface area (Å²) >= 11 is 1.07. The summed E-state index contributed by atoms with van der Waals surface area (Å²) in [5, 5.41) is 19.3. The number of carbonyl (C=O) groups excluding carboxylic acids is 1. The Hall–Kier alpha value is -3.38. The smallest absolute Gasteiger partial charge is 0.277 e. The summed E-state index contributed by atoms with van der Waals surface area (Å²) in [6.45, 7) is 3.33. The average molecular weight is 412 g/mol. The summed E-state index contributed by atoms with van der Waals surface area (Å²) in [5.41, 5.74) is 0.808. The number of para-hydroxylation sites is 2. The van der Waals surface area contributed by atoms with Gasteiger partial charge in [-0.25, -0.2) is 4.39 Å². The van der Waals surface area contributed by atoms with Crippen LogP contribution in [0.1, 0.15) is 31.4 Å². The van der Waals surface area contributed by atoms with Crippen LogP contribution in [0.3, 0.4) is 0 Å². The van der Waals surface area contributed by atoms with Crippen molar-refractivity contribution in [1.82, 2.24) is 10.2 Å². The molecular formula is C20H17FN4O3S. The number of nitriles is 1. The van der Waals surface area contributed by atoms with Gasteiger partial charge in [0.05, 0.1) is 16.5 Å². The first-order valence-electron chi connectivity index (χ1n) is 8.69. The van der Waals surface area contributed by atoms with E-state index in [-0.39, 0.29) is 22.8 Å². The van der Waals surface area contributed by atoms with E-state index in [9.17, 15) is 9.18 Å². The highest BCUT2D eigenvalue weighted by atomic mass is 32.2. The first-order chi connectivity index (χ1) is 14.0. The number of benzene rings is 2. The summed E-state index contributed by atoms with van der Waals surface area (Å²) < 4.78 is 24.7. The normalized spacial score (nSPS) is 12.6. The number of hydrogen-bond acceptors (Lipinski definition) is 7. The largest absolute Gasteiger partial charge is 0.478 e. The Balaban J connectivity index is 1.61. The second kappa shape index (κ2) is 9.21. The molecule has 2 atom stereocenters. The van der Waals surface area contributed by atoms with Gasteiger partial charge in [-0.2, -0.15) is 5.26 Å². The van der Waals surface area contributed by atoms with Crippen molar-refractivity contribution in [3.05, 3.63) is 65.8 Å². The van der Waals surface area contributed by atoms with Gasteiger partial charge in [-0.05, 0) is 38.1 Å². The Morgan fingerprint density at radius 1 is 1.21 bits per heavy atom. The van der Waals surface area contributed by atoms with Gasteiger partial charge in [-0.15, -0.1) is 10.2 Å². The number of aromatic nitrogens is 2. The third-order valence-corrected chi connectivity index (χ3v) is 4.80. The quantitative estimate of drug-likeness (QED) is 0.576. The zero-order valence-corrected chi connectivity index (χ0v) is 16.4. The number of carbonyl (C=O) groups is 1. The Labute approximate surface area is 170 Å². The number of thioether (sulfide) groups is 1. The Bertz CT molecular complexity index is 1050. The van der Waals surface area contributed by atoms with Crippen molar-refractivity contribution in [2.24, 2.45) is 0 Å². The molecule has 0 spiro atoms. The SMILES string of the molecule is C[C@H](Sc1nnc([C@H](C)Oc2ccccc2F)o1)C(=O)Nc1ccccc1C#N. The second-order valence-electron chi connectivity index (χ2n) is 6.00. The monoisotopic (exact) mass is 412 g/mol. The standard InChI is InChI=1S/C20H17FN4O3S/c1-12(27-17-10-6-4-8-15(17)21)19-24-25-20(28-19)29-13(2)18(26)23-16-9-5-3-7-14(16)11-22/h3-10,12-13H,1-2H3,(H,23,26)/t12-,13-/m0/s1. The van der Waals surface area contributed by atoms with Crippen molar-refractivity contribution < 1.29 is 18.3 Å². The number of nitrogens with zero attached hydrogens (tertiary/aromatic N) is 3. The summed E-state index contributed by atoms with van der Waals surface area (Å²) in [5.74, 6) is -0.556. The molecule has 3 aromatic rings. The lowest BCUT2D eigenvalue weighted by molar-refractivity contribution is -0.115. The topological polar surface area (TPSA) is 101 Å². The molecule has 0 fully saturated rings. The minimum atomic E-state index is -0.666. The molecule has 148 valence electrons. The molecule has 3 rings (SSSR count). The van der Waals surface area contributed by atoms with Crippen LogP contribution in [0.25, 0.3) is 0 Å². The van der Waals surface area contributed by atoms with E-state index in [4.69, 9.17) is 14.4 Å². The lowest BCUT2D eigenvalue weighted by Crippen LogP contribution is -2.22. The van der Waals surface area contributed by atoms with Crippen molar-refractivity contribution >= 4 is 23.4 Å². The van der Waals surface area contributed by atoms with Crippen LogP contribution in [0.5, 0.6) is 5.75 Å². The second-order valence-corrected chi connectivity index (χ2v) is 7.30. The van der Waals surface area contributed by atoms with E-state index >= 15 is 0 Å². The molecule has 1 N–H and O–H groups in total. The number of nitrogens with one attached hydrogen (secondary N) is 1. The molecule has 1 heterocycles. The van der Waals surface area contributed by atoms with Crippen LogP contribution in [0.15, 0.2) is 58.2 Å². The molecule has 0 saturated heterocycles. The van der Waals surface area contributed by atoms with Gasteiger partial charge < -0.3 is 14.5 Å². The van der Waals surface area contributed by atoms with Crippen LogP contribution >= 0.6 is 11.8 Å². The van der Waals surface area contributed by atoms with Crippen molar-refractivity contribution in [2.75, 3.05) is 5.32 Å². The first kappa shape index (κ1) is 20.4. The van der Waals surface area contributed by atoms with Gasteiger partial charge in [0.1, 0.15) is 6.07 Å². The number of hydrogen-bond donors (Lipinski definition) is 1. The molecule has 0 bridgehead atoms. The summed E-state index contributed by atoms with van der Waals surface area (Å²) in [4.78, 5) is 12.4.